The molecule has 2 nitrogen and oxygen atoms in total. The third-order valence-electron chi connectivity index (χ3n) is 4.63. The second kappa shape index (κ2) is 7.60. The molecule has 4 rings (SSSR count). The molecule has 1 aromatic carbocycles. The van der Waals surface area contributed by atoms with Crippen molar-refractivity contribution in [2.24, 2.45) is 0 Å². The highest BCUT2D eigenvalue weighted by molar-refractivity contribution is 7.98. The quantitative estimate of drug-likeness (QED) is 0.610. The number of H-pyrrole nitrogens is 1. The molecule has 0 saturated carbocycles. The summed E-state index contributed by atoms with van der Waals surface area (Å²) < 4.78 is 0. The van der Waals surface area contributed by atoms with Gasteiger partial charge in [0.05, 0.1) is 0 Å². The van der Waals surface area contributed by atoms with Crippen molar-refractivity contribution in [3.63, 3.8) is 0 Å². The molecule has 0 aliphatic carbocycles. The third-order valence-corrected chi connectivity index (χ3v) is 6.56. The number of thioether (sulfide) groups is 1. The first-order valence-electron chi connectivity index (χ1n) is 8.48. The van der Waals surface area contributed by atoms with Crippen molar-refractivity contribution in [1.82, 2.24) is 9.88 Å². The normalized spacial score (nSPS) is 15.8. The number of nitrogens with zero attached hydrogens (tertiary/aromatic N) is 1. The number of hydrogen-bond donors (Lipinski definition) is 1. The molecule has 3 heterocycles. The molecule has 1 aliphatic heterocycles. The van der Waals surface area contributed by atoms with Crippen LogP contribution in [0.2, 0.25) is 0 Å². The summed E-state index contributed by atoms with van der Waals surface area (Å²) >= 11 is 3.90. The molecule has 1 N–H and O–H groups in total. The molecular formula is C20H22N2S2. The third kappa shape index (κ3) is 3.61. The van der Waals surface area contributed by atoms with Gasteiger partial charge >= 0.3 is 0 Å². The van der Waals surface area contributed by atoms with Crippen LogP contribution >= 0.6 is 23.1 Å². The molecule has 1 aliphatic rings. The van der Waals surface area contributed by atoms with E-state index in [0.717, 1.165) is 12.3 Å². The second-order valence-corrected chi connectivity index (χ2v) is 8.22. The number of rotatable bonds is 6. The lowest BCUT2D eigenvalue weighted by Gasteiger charge is -2.25. The van der Waals surface area contributed by atoms with Gasteiger partial charge in [0.25, 0.3) is 0 Å². The van der Waals surface area contributed by atoms with Crippen LogP contribution in [0.15, 0.2) is 54.1 Å². The topological polar surface area (TPSA) is 19.0 Å². The Balaban J connectivity index is 1.25. The SMILES string of the molecule is C1=C(c2cccs2)CCN(CCSCc2cccc3[nH]ccc23)C1. The maximum atomic E-state index is 3.29. The minimum atomic E-state index is 1.10. The molecule has 0 radical (unpaired) electrons. The van der Waals surface area contributed by atoms with E-state index in [9.17, 15) is 0 Å². The zero-order chi connectivity index (χ0) is 16.2. The lowest BCUT2D eigenvalue weighted by molar-refractivity contribution is 0.321. The predicted molar refractivity (Wildman–Crippen MR) is 108 cm³/mol. The van der Waals surface area contributed by atoms with Gasteiger partial charge < -0.3 is 4.98 Å². The van der Waals surface area contributed by atoms with Crippen molar-refractivity contribution in [3.8, 4) is 0 Å². The highest BCUT2D eigenvalue weighted by Gasteiger charge is 2.13. The number of fused-ring (bicyclic) bond motifs is 1. The van der Waals surface area contributed by atoms with Gasteiger partial charge in [0, 0.05) is 53.1 Å². The Morgan fingerprint density at radius 1 is 1.17 bits per heavy atom. The largest absolute Gasteiger partial charge is 0.361 e. The predicted octanol–water partition coefficient (Wildman–Crippen LogP) is 5.25. The van der Waals surface area contributed by atoms with Gasteiger partial charge in [0.2, 0.25) is 0 Å². The lowest BCUT2D eigenvalue weighted by Crippen LogP contribution is -2.30. The van der Waals surface area contributed by atoms with E-state index in [0.29, 0.717) is 0 Å². The van der Waals surface area contributed by atoms with E-state index >= 15 is 0 Å². The highest BCUT2D eigenvalue weighted by Crippen LogP contribution is 2.26. The van der Waals surface area contributed by atoms with Gasteiger partial charge in [-0.3, -0.25) is 4.90 Å². The van der Waals surface area contributed by atoms with Crippen LogP contribution in [0.4, 0.5) is 0 Å². The van der Waals surface area contributed by atoms with Gasteiger partial charge in [-0.1, -0.05) is 24.3 Å². The monoisotopic (exact) mass is 354 g/mol. The Bertz CT molecular complexity index is 817. The molecule has 0 fully saturated rings. The zero-order valence-electron chi connectivity index (χ0n) is 13.7. The van der Waals surface area contributed by atoms with E-state index in [4.69, 9.17) is 0 Å². The van der Waals surface area contributed by atoms with E-state index in [1.807, 2.05) is 29.3 Å². The number of thiophene rings is 1. The van der Waals surface area contributed by atoms with Gasteiger partial charge in [-0.2, -0.15) is 11.8 Å². The summed E-state index contributed by atoms with van der Waals surface area (Å²) in [4.78, 5) is 7.31. The van der Waals surface area contributed by atoms with Gasteiger partial charge in [-0.15, -0.1) is 11.3 Å². The van der Waals surface area contributed by atoms with Crippen molar-refractivity contribution >= 4 is 39.6 Å². The van der Waals surface area contributed by atoms with E-state index in [-0.39, 0.29) is 0 Å². The van der Waals surface area contributed by atoms with Crippen LogP contribution in [0.25, 0.3) is 16.5 Å². The van der Waals surface area contributed by atoms with E-state index in [1.165, 1.54) is 52.2 Å². The maximum absolute atomic E-state index is 3.29. The summed E-state index contributed by atoms with van der Waals surface area (Å²) in [5.74, 6) is 2.29. The van der Waals surface area contributed by atoms with E-state index in [2.05, 4.69) is 57.7 Å². The minimum Gasteiger partial charge on any atom is -0.361 e. The van der Waals surface area contributed by atoms with Crippen LogP contribution in [-0.2, 0) is 5.75 Å². The molecule has 0 bridgehead atoms. The molecule has 0 atom stereocenters. The van der Waals surface area contributed by atoms with Crippen molar-refractivity contribution in [2.75, 3.05) is 25.4 Å². The fourth-order valence-electron chi connectivity index (χ4n) is 3.25. The Morgan fingerprint density at radius 3 is 3.00 bits per heavy atom. The summed E-state index contributed by atoms with van der Waals surface area (Å²) in [5, 5.41) is 3.54. The molecule has 0 saturated heterocycles. The summed E-state index contributed by atoms with van der Waals surface area (Å²) in [6, 6.07) is 13.1. The van der Waals surface area contributed by atoms with Crippen molar-refractivity contribution < 1.29 is 0 Å². The first-order valence-corrected chi connectivity index (χ1v) is 10.5. The van der Waals surface area contributed by atoms with Crippen LogP contribution in [-0.4, -0.2) is 35.3 Å². The molecule has 2 aromatic heterocycles. The van der Waals surface area contributed by atoms with Crippen LogP contribution < -0.4 is 0 Å². The van der Waals surface area contributed by atoms with Crippen molar-refractivity contribution in [1.29, 1.82) is 0 Å². The molecule has 24 heavy (non-hydrogen) atoms. The Morgan fingerprint density at radius 2 is 2.17 bits per heavy atom. The van der Waals surface area contributed by atoms with Crippen LogP contribution in [0, 0.1) is 0 Å². The van der Waals surface area contributed by atoms with E-state index in [1.54, 1.807) is 0 Å². The van der Waals surface area contributed by atoms with Crippen LogP contribution in [0.5, 0.6) is 0 Å². The Hall–Kier alpha value is -1.49. The summed E-state index contributed by atoms with van der Waals surface area (Å²) in [5.41, 5.74) is 4.22. The maximum Gasteiger partial charge on any atom is 0.0457 e. The standard InChI is InChI=1S/C20H22N2S2/c1-3-17(18-6-9-21-19(18)4-1)15-23-14-12-22-10-7-16(8-11-22)20-5-2-13-24-20/h1-7,9,13,21H,8,10-12,14-15H2. The van der Waals surface area contributed by atoms with Gasteiger partial charge in [0.15, 0.2) is 0 Å². The number of nitrogens with one attached hydrogen (secondary N) is 1. The number of aromatic amines is 1. The first-order chi connectivity index (χ1) is 11.9. The number of hydrogen-bond acceptors (Lipinski definition) is 3. The Labute approximate surface area is 151 Å². The highest BCUT2D eigenvalue weighted by atomic mass is 32.2. The summed E-state index contributed by atoms with van der Waals surface area (Å²) in [6.45, 7) is 3.47. The fourth-order valence-corrected chi connectivity index (χ4v) is 5.05. The lowest BCUT2D eigenvalue weighted by atomic mass is 10.1. The van der Waals surface area contributed by atoms with E-state index < -0.39 is 0 Å². The molecular weight excluding hydrogens is 332 g/mol. The zero-order valence-corrected chi connectivity index (χ0v) is 15.3. The molecule has 0 unspecified atom stereocenters. The van der Waals surface area contributed by atoms with Crippen molar-refractivity contribution in [2.45, 2.75) is 12.2 Å². The molecule has 0 spiro atoms. The van der Waals surface area contributed by atoms with Gasteiger partial charge in [-0.05, 0) is 41.1 Å². The molecule has 4 heteroatoms. The first kappa shape index (κ1) is 16.0. The smallest absolute Gasteiger partial charge is 0.0457 e. The average molecular weight is 355 g/mol. The molecule has 124 valence electrons. The Kier molecular flexibility index (Phi) is 5.07. The second-order valence-electron chi connectivity index (χ2n) is 6.17. The molecule has 3 aromatic rings. The summed E-state index contributed by atoms with van der Waals surface area (Å²) in [6.07, 6.45) is 5.64. The minimum absolute atomic E-state index is 1.10. The van der Waals surface area contributed by atoms with Gasteiger partial charge in [-0.25, -0.2) is 0 Å². The summed E-state index contributed by atoms with van der Waals surface area (Å²) in [7, 11) is 0. The van der Waals surface area contributed by atoms with Gasteiger partial charge in [0.1, 0.15) is 0 Å². The fraction of sp³-hybridized carbons (Fsp3) is 0.300. The van der Waals surface area contributed by atoms with Crippen LogP contribution in [0.1, 0.15) is 16.9 Å². The average Bonchev–Trinajstić information content (AvgIpc) is 3.31. The molecule has 0 amide bonds. The number of aromatic nitrogens is 1. The number of benzene rings is 1. The van der Waals surface area contributed by atoms with Crippen LogP contribution in [0.3, 0.4) is 0 Å². The van der Waals surface area contributed by atoms with Crippen molar-refractivity contribution in [3.05, 3.63) is 64.5 Å².